The van der Waals surface area contributed by atoms with Crippen LogP contribution in [0.2, 0.25) is 5.02 Å². The van der Waals surface area contributed by atoms with Crippen molar-refractivity contribution in [2.45, 2.75) is 6.04 Å². The summed E-state index contributed by atoms with van der Waals surface area (Å²) in [5, 5.41) is 11.5. The van der Waals surface area contributed by atoms with Crippen LogP contribution < -0.4 is 5.32 Å². The van der Waals surface area contributed by atoms with Crippen LogP contribution in [0.4, 0.5) is 0 Å². The number of nitrogens with one attached hydrogen (secondary N) is 1. The molecule has 1 atom stereocenters. The van der Waals surface area contributed by atoms with Gasteiger partial charge < -0.3 is 5.32 Å². The maximum absolute atomic E-state index is 11.6. The first-order chi connectivity index (χ1) is 8.75. The third-order valence-corrected chi connectivity index (χ3v) is 3.15. The Morgan fingerprint density at radius 1 is 1.39 bits per heavy atom. The van der Waals surface area contributed by atoms with Gasteiger partial charge in [0.15, 0.2) is 0 Å². The van der Waals surface area contributed by atoms with Crippen molar-refractivity contribution in [1.29, 1.82) is 0 Å². The molecule has 18 heavy (non-hydrogen) atoms. The van der Waals surface area contributed by atoms with Gasteiger partial charge in [-0.25, -0.2) is 0 Å². The van der Waals surface area contributed by atoms with Crippen molar-refractivity contribution < 1.29 is 4.79 Å². The second-order valence-electron chi connectivity index (χ2n) is 4.09. The van der Waals surface area contributed by atoms with Crippen LogP contribution >= 0.6 is 11.6 Å². The fourth-order valence-electron chi connectivity index (χ4n) is 2.10. The first-order valence-corrected chi connectivity index (χ1v) is 5.99. The molecule has 1 aromatic rings. The molecule has 0 radical (unpaired) electrons. The number of carbonyl (C=O) groups is 1. The lowest BCUT2D eigenvalue weighted by molar-refractivity contribution is -0.115. The SMILES string of the molecule is O=C1N=NC(c2cccc(Cl)c2)C2=C1NCC=C2. The highest BCUT2D eigenvalue weighted by molar-refractivity contribution is 6.30. The van der Waals surface area contributed by atoms with Crippen molar-refractivity contribution in [3.05, 3.63) is 58.3 Å². The van der Waals surface area contributed by atoms with Crippen LogP contribution in [0, 0.1) is 0 Å². The van der Waals surface area contributed by atoms with E-state index in [1.54, 1.807) is 6.07 Å². The Kier molecular flexibility index (Phi) is 2.72. The van der Waals surface area contributed by atoms with Crippen molar-refractivity contribution in [3.63, 3.8) is 0 Å². The number of hydrogen-bond donors (Lipinski definition) is 1. The molecular weight excluding hydrogens is 250 g/mol. The summed E-state index contributed by atoms with van der Waals surface area (Å²) in [7, 11) is 0. The van der Waals surface area contributed by atoms with E-state index in [-0.39, 0.29) is 11.9 Å². The molecule has 1 aromatic carbocycles. The van der Waals surface area contributed by atoms with E-state index in [2.05, 4.69) is 15.5 Å². The van der Waals surface area contributed by atoms with Gasteiger partial charge in [-0.05, 0) is 17.7 Å². The third-order valence-electron chi connectivity index (χ3n) is 2.92. The van der Waals surface area contributed by atoms with Gasteiger partial charge in [-0.3, -0.25) is 4.79 Å². The molecule has 3 rings (SSSR count). The number of dihydropyridines is 1. The number of nitrogens with zero attached hydrogens (tertiary/aromatic N) is 2. The van der Waals surface area contributed by atoms with E-state index < -0.39 is 0 Å². The largest absolute Gasteiger partial charge is 0.377 e. The molecule has 0 fully saturated rings. The zero-order valence-corrected chi connectivity index (χ0v) is 10.2. The molecule has 2 aliphatic heterocycles. The van der Waals surface area contributed by atoms with Crippen molar-refractivity contribution in [2.24, 2.45) is 10.2 Å². The van der Waals surface area contributed by atoms with Crippen LogP contribution in [0.1, 0.15) is 11.6 Å². The van der Waals surface area contributed by atoms with Crippen molar-refractivity contribution in [3.8, 4) is 0 Å². The highest BCUT2D eigenvalue weighted by Crippen LogP contribution is 2.34. The number of amides is 1. The lowest BCUT2D eigenvalue weighted by Crippen LogP contribution is -2.27. The average Bonchev–Trinajstić information content (AvgIpc) is 2.39. The maximum Gasteiger partial charge on any atom is 0.311 e. The van der Waals surface area contributed by atoms with Gasteiger partial charge in [0.2, 0.25) is 0 Å². The minimum Gasteiger partial charge on any atom is -0.377 e. The highest BCUT2D eigenvalue weighted by Gasteiger charge is 2.28. The summed E-state index contributed by atoms with van der Waals surface area (Å²) in [5.41, 5.74) is 2.32. The number of benzene rings is 1. The number of hydrogen-bond acceptors (Lipinski definition) is 3. The topological polar surface area (TPSA) is 53.8 Å². The van der Waals surface area contributed by atoms with E-state index in [0.717, 1.165) is 11.1 Å². The summed E-state index contributed by atoms with van der Waals surface area (Å²) in [6, 6.07) is 7.18. The molecule has 4 nitrogen and oxygen atoms in total. The fraction of sp³-hybridized carbons (Fsp3) is 0.154. The second kappa shape index (κ2) is 4.38. The molecule has 2 heterocycles. The average molecular weight is 260 g/mol. The number of halogens is 1. The van der Waals surface area contributed by atoms with E-state index in [4.69, 9.17) is 11.6 Å². The molecule has 1 unspecified atom stereocenters. The molecule has 1 N–H and O–H groups in total. The molecule has 1 amide bonds. The Morgan fingerprint density at radius 3 is 3.11 bits per heavy atom. The summed E-state index contributed by atoms with van der Waals surface area (Å²) in [5.74, 6) is -0.312. The van der Waals surface area contributed by atoms with E-state index in [1.807, 2.05) is 30.4 Å². The molecule has 0 bridgehead atoms. The van der Waals surface area contributed by atoms with Gasteiger partial charge in [-0.15, -0.1) is 5.11 Å². The predicted molar refractivity (Wildman–Crippen MR) is 68.2 cm³/mol. The van der Waals surface area contributed by atoms with Gasteiger partial charge in [-0.1, -0.05) is 35.9 Å². The van der Waals surface area contributed by atoms with Gasteiger partial charge in [-0.2, -0.15) is 5.11 Å². The lowest BCUT2D eigenvalue weighted by atomic mass is 9.94. The monoisotopic (exact) mass is 259 g/mol. The summed E-state index contributed by atoms with van der Waals surface area (Å²) >= 11 is 5.98. The van der Waals surface area contributed by atoms with Gasteiger partial charge in [0.25, 0.3) is 0 Å². The molecule has 0 saturated heterocycles. The first-order valence-electron chi connectivity index (χ1n) is 5.61. The zero-order valence-electron chi connectivity index (χ0n) is 9.43. The van der Waals surface area contributed by atoms with Gasteiger partial charge in [0.1, 0.15) is 11.7 Å². The van der Waals surface area contributed by atoms with Crippen molar-refractivity contribution >= 4 is 17.5 Å². The van der Waals surface area contributed by atoms with E-state index >= 15 is 0 Å². The van der Waals surface area contributed by atoms with Crippen LogP contribution in [-0.2, 0) is 4.79 Å². The van der Waals surface area contributed by atoms with E-state index in [1.165, 1.54) is 0 Å². The number of carbonyl (C=O) groups excluding carboxylic acids is 1. The molecule has 0 spiro atoms. The Hall–Kier alpha value is -1.94. The summed E-state index contributed by atoms with van der Waals surface area (Å²) in [4.78, 5) is 11.6. The quantitative estimate of drug-likeness (QED) is 0.843. The Balaban J connectivity index is 2.07. The highest BCUT2D eigenvalue weighted by atomic mass is 35.5. The Morgan fingerprint density at radius 2 is 2.28 bits per heavy atom. The minimum absolute atomic E-state index is 0.263. The fourth-order valence-corrected chi connectivity index (χ4v) is 2.30. The van der Waals surface area contributed by atoms with Crippen molar-refractivity contribution in [1.82, 2.24) is 5.32 Å². The lowest BCUT2D eigenvalue weighted by Gasteiger charge is -2.23. The van der Waals surface area contributed by atoms with Gasteiger partial charge in [0.05, 0.1) is 0 Å². The maximum atomic E-state index is 11.6. The van der Waals surface area contributed by atoms with E-state index in [9.17, 15) is 4.79 Å². The predicted octanol–water partition coefficient (Wildman–Crippen LogP) is 2.79. The molecule has 5 heteroatoms. The summed E-state index contributed by atoms with van der Waals surface area (Å²) in [6.45, 7) is 0.641. The number of rotatable bonds is 1. The first kappa shape index (κ1) is 11.2. The summed E-state index contributed by atoms with van der Waals surface area (Å²) < 4.78 is 0. The van der Waals surface area contributed by atoms with Gasteiger partial charge in [0, 0.05) is 17.1 Å². The molecule has 90 valence electrons. The summed E-state index contributed by atoms with van der Waals surface area (Å²) in [6.07, 6.45) is 3.89. The van der Waals surface area contributed by atoms with Crippen LogP contribution in [0.5, 0.6) is 0 Å². The number of azo groups is 1. The third kappa shape index (κ3) is 1.84. The standard InChI is InChI=1S/C13H10ClN3O/c14-9-4-1-3-8(7-9)11-10-5-2-6-15-12(10)13(18)17-16-11/h1-5,7,11,15H,6H2. The van der Waals surface area contributed by atoms with Crippen LogP contribution in [0.15, 0.2) is 57.9 Å². The zero-order chi connectivity index (χ0) is 12.5. The molecule has 0 aliphatic carbocycles. The van der Waals surface area contributed by atoms with Crippen LogP contribution in [0.25, 0.3) is 0 Å². The molecule has 0 aromatic heterocycles. The molecular formula is C13H10ClN3O. The van der Waals surface area contributed by atoms with Gasteiger partial charge >= 0.3 is 5.91 Å². The second-order valence-corrected chi connectivity index (χ2v) is 4.53. The van der Waals surface area contributed by atoms with Crippen LogP contribution in [-0.4, -0.2) is 12.5 Å². The Labute approximate surface area is 109 Å². The Bertz CT molecular complexity index is 604. The smallest absolute Gasteiger partial charge is 0.311 e. The molecule has 0 saturated carbocycles. The van der Waals surface area contributed by atoms with Crippen molar-refractivity contribution in [2.75, 3.05) is 6.54 Å². The normalized spacial score (nSPS) is 21.8. The molecule has 2 aliphatic rings. The van der Waals surface area contributed by atoms with Crippen LogP contribution in [0.3, 0.4) is 0 Å². The minimum atomic E-state index is -0.312. The van der Waals surface area contributed by atoms with E-state index in [0.29, 0.717) is 17.3 Å².